The van der Waals surface area contributed by atoms with E-state index in [2.05, 4.69) is 20.4 Å². The molecule has 0 saturated heterocycles. The number of carbonyl (C=O) groups excluding carboxylic acids is 1. The fourth-order valence-electron chi connectivity index (χ4n) is 1.98. The third kappa shape index (κ3) is 2.60. The topological polar surface area (TPSA) is 26.3 Å². The van der Waals surface area contributed by atoms with E-state index >= 15 is 0 Å². The zero-order valence-corrected chi connectivity index (χ0v) is 9.43. The molecule has 0 bridgehead atoms. The Kier molecular flexibility index (Phi) is 3.03. The lowest BCUT2D eigenvalue weighted by Crippen LogP contribution is -2.38. The molecule has 0 unspecified atom stereocenters. The minimum Gasteiger partial charge on any atom is -0.455 e. The van der Waals surface area contributed by atoms with Gasteiger partial charge in [0, 0.05) is 6.92 Å². The Hall–Kier alpha value is -0.790. The van der Waals surface area contributed by atoms with Gasteiger partial charge in [-0.05, 0) is 37.2 Å². The van der Waals surface area contributed by atoms with Gasteiger partial charge >= 0.3 is 5.97 Å². The van der Waals surface area contributed by atoms with Gasteiger partial charge < -0.3 is 4.74 Å². The van der Waals surface area contributed by atoms with Crippen molar-refractivity contribution in [1.29, 1.82) is 0 Å². The molecule has 0 aromatic carbocycles. The molecule has 0 atom stereocenters. The molecule has 1 aliphatic carbocycles. The van der Waals surface area contributed by atoms with Crippen LogP contribution in [-0.2, 0) is 9.53 Å². The van der Waals surface area contributed by atoms with Crippen LogP contribution in [0.3, 0.4) is 0 Å². The van der Waals surface area contributed by atoms with Crippen LogP contribution in [0.1, 0.15) is 46.5 Å². The van der Waals surface area contributed by atoms with Gasteiger partial charge in [-0.15, -0.1) is 0 Å². The summed E-state index contributed by atoms with van der Waals surface area (Å²) in [5.74, 6) is -0.204. The highest BCUT2D eigenvalue weighted by atomic mass is 16.6. The van der Waals surface area contributed by atoms with Gasteiger partial charge in [-0.3, -0.25) is 4.79 Å². The summed E-state index contributed by atoms with van der Waals surface area (Å²) in [7, 11) is 0. The molecule has 1 rings (SSSR count). The minimum atomic E-state index is -0.388. The summed E-state index contributed by atoms with van der Waals surface area (Å²) in [4.78, 5) is 11.0. The summed E-state index contributed by atoms with van der Waals surface area (Å²) < 4.78 is 5.36. The summed E-state index contributed by atoms with van der Waals surface area (Å²) >= 11 is 0. The Labute approximate surface area is 86.3 Å². The number of ether oxygens (including phenoxy) is 1. The van der Waals surface area contributed by atoms with Crippen molar-refractivity contribution in [2.45, 2.75) is 52.1 Å². The van der Waals surface area contributed by atoms with E-state index in [1.807, 2.05) is 0 Å². The van der Waals surface area contributed by atoms with E-state index in [0.717, 1.165) is 25.7 Å². The maximum absolute atomic E-state index is 11.0. The second kappa shape index (κ2) is 3.76. The van der Waals surface area contributed by atoms with Gasteiger partial charge in [0.2, 0.25) is 0 Å². The Bertz CT molecular complexity index is 231. The average Bonchev–Trinajstić information content (AvgIpc) is 2.09. The van der Waals surface area contributed by atoms with Gasteiger partial charge in [0.1, 0.15) is 5.60 Å². The van der Waals surface area contributed by atoms with Crippen LogP contribution < -0.4 is 0 Å². The number of esters is 1. The third-order valence-electron chi connectivity index (χ3n) is 3.17. The number of hydrogen-bond acceptors (Lipinski definition) is 2. The first-order chi connectivity index (χ1) is 6.39. The molecule has 0 heterocycles. The normalized spacial score (nSPS) is 23.9. The Morgan fingerprint density at radius 1 is 1.29 bits per heavy atom. The van der Waals surface area contributed by atoms with E-state index < -0.39 is 0 Å². The summed E-state index contributed by atoms with van der Waals surface area (Å²) in [6, 6.07) is 0. The second-order valence-corrected chi connectivity index (χ2v) is 5.03. The molecule has 0 aromatic rings. The van der Waals surface area contributed by atoms with Crippen molar-refractivity contribution in [3.8, 4) is 0 Å². The molecule has 0 aromatic heterocycles. The lowest BCUT2D eigenvalue weighted by atomic mass is 9.71. The standard InChI is InChI=1S/C12H20O2/c1-5-12(14-10(2)13)8-6-11(3,4)7-9-12/h5H,1,6-9H2,2-4H3. The van der Waals surface area contributed by atoms with Crippen LogP contribution in [0.2, 0.25) is 0 Å². The maximum Gasteiger partial charge on any atom is 0.303 e. The summed E-state index contributed by atoms with van der Waals surface area (Å²) in [5, 5.41) is 0. The number of rotatable bonds is 2. The number of hydrogen-bond donors (Lipinski definition) is 0. The molecule has 80 valence electrons. The molecule has 14 heavy (non-hydrogen) atoms. The van der Waals surface area contributed by atoms with Crippen molar-refractivity contribution in [3.63, 3.8) is 0 Å². The van der Waals surface area contributed by atoms with Crippen LogP contribution in [0.15, 0.2) is 12.7 Å². The lowest BCUT2D eigenvalue weighted by Gasteiger charge is -2.40. The van der Waals surface area contributed by atoms with Crippen molar-refractivity contribution in [2.75, 3.05) is 0 Å². The molecule has 0 spiro atoms. The fraction of sp³-hybridized carbons (Fsp3) is 0.750. The molecule has 1 saturated carbocycles. The number of carbonyl (C=O) groups is 1. The molecular weight excluding hydrogens is 176 g/mol. The highest BCUT2D eigenvalue weighted by Crippen LogP contribution is 2.42. The molecule has 0 aliphatic heterocycles. The van der Waals surface area contributed by atoms with Crippen LogP contribution in [0.4, 0.5) is 0 Å². The van der Waals surface area contributed by atoms with Gasteiger partial charge in [-0.1, -0.05) is 20.4 Å². The monoisotopic (exact) mass is 196 g/mol. The van der Waals surface area contributed by atoms with Crippen LogP contribution in [0, 0.1) is 5.41 Å². The van der Waals surface area contributed by atoms with E-state index in [9.17, 15) is 4.79 Å². The van der Waals surface area contributed by atoms with E-state index in [1.54, 1.807) is 6.08 Å². The van der Waals surface area contributed by atoms with E-state index in [4.69, 9.17) is 4.74 Å². The molecular formula is C12H20O2. The van der Waals surface area contributed by atoms with E-state index in [0.29, 0.717) is 5.41 Å². The van der Waals surface area contributed by atoms with Crippen molar-refractivity contribution < 1.29 is 9.53 Å². The minimum absolute atomic E-state index is 0.204. The third-order valence-corrected chi connectivity index (χ3v) is 3.17. The Balaban J connectivity index is 2.66. The highest BCUT2D eigenvalue weighted by molar-refractivity contribution is 5.66. The van der Waals surface area contributed by atoms with Crippen LogP contribution in [0.25, 0.3) is 0 Å². The second-order valence-electron chi connectivity index (χ2n) is 5.03. The predicted octanol–water partition coefficient (Wildman–Crippen LogP) is 3.07. The summed E-state index contributed by atoms with van der Waals surface area (Å²) in [6.07, 6.45) is 5.79. The Morgan fingerprint density at radius 3 is 2.14 bits per heavy atom. The van der Waals surface area contributed by atoms with E-state index in [-0.39, 0.29) is 11.6 Å². The quantitative estimate of drug-likeness (QED) is 0.501. The SMILES string of the molecule is C=CC1(OC(C)=O)CCC(C)(C)CC1. The van der Waals surface area contributed by atoms with Gasteiger partial charge in [-0.25, -0.2) is 0 Å². The molecule has 2 heteroatoms. The van der Waals surface area contributed by atoms with Crippen molar-refractivity contribution in [3.05, 3.63) is 12.7 Å². The first-order valence-corrected chi connectivity index (χ1v) is 5.22. The highest BCUT2D eigenvalue weighted by Gasteiger charge is 2.38. The van der Waals surface area contributed by atoms with Crippen LogP contribution >= 0.6 is 0 Å². The zero-order valence-electron chi connectivity index (χ0n) is 9.43. The first kappa shape index (κ1) is 11.3. The van der Waals surface area contributed by atoms with Gasteiger partial charge in [-0.2, -0.15) is 0 Å². The Morgan fingerprint density at radius 2 is 1.79 bits per heavy atom. The van der Waals surface area contributed by atoms with Gasteiger partial charge in [0.25, 0.3) is 0 Å². The fourth-order valence-corrected chi connectivity index (χ4v) is 1.98. The smallest absolute Gasteiger partial charge is 0.303 e. The summed E-state index contributed by atoms with van der Waals surface area (Å²) in [6.45, 7) is 9.76. The molecule has 1 aliphatic rings. The largest absolute Gasteiger partial charge is 0.455 e. The van der Waals surface area contributed by atoms with Crippen molar-refractivity contribution in [1.82, 2.24) is 0 Å². The predicted molar refractivity (Wildman–Crippen MR) is 56.9 cm³/mol. The molecule has 1 fully saturated rings. The molecule has 0 amide bonds. The maximum atomic E-state index is 11.0. The first-order valence-electron chi connectivity index (χ1n) is 5.22. The van der Waals surface area contributed by atoms with Crippen molar-refractivity contribution >= 4 is 5.97 Å². The van der Waals surface area contributed by atoms with Crippen molar-refractivity contribution in [2.24, 2.45) is 5.41 Å². The van der Waals surface area contributed by atoms with Crippen LogP contribution in [-0.4, -0.2) is 11.6 Å². The van der Waals surface area contributed by atoms with E-state index in [1.165, 1.54) is 6.92 Å². The van der Waals surface area contributed by atoms with Crippen LogP contribution in [0.5, 0.6) is 0 Å². The zero-order chi connectivity index (χ0) is 10.8. The molecule has 0 radical (unpaired) electrons. The molecule has 0 N–H and O–H groups in total. The average molecular weight is 196 g/mol. The molecule has 2 nitrogen and oxygen atoms in total. The van der Waals surface area contributed by atoms with Gasteiger partial charge in [0.05, 0.1) is 0 Å². The van der Waals surface area contributed by atoms with Gasteiger partial charge in [0.15, 0.2) is 0 Å². The summed E-state index contributed by atoms with van der Waals surface area (Å²) in [5.41, 5.74) is -0.00594. The lowest BCUT2D eigenvalue weighted by molar-refractivity contribution is -0.156.